The number of nitrogens with two attached hydrogens (primary N) is 1. The topological polar surface area (TPSA) is 64.8 Å². The van der Waals surface area contributed by atoms with Crippen molar-refractivity contribution in [2.24, 2.45) is 5.84 Å². The predicted molar refractivity (Wildman–Crippen MR) is 58.1 cm³/mol. The van der Waals surface area contributed by atoms with E-state index in [0.717, 1.165) is 16.3 Å². The van der Waals surface area contributed by atoms with Gasteiger partial charge in [0.15, 0.2) is 11.5 Å². The molecule has 86 valence electrons. The molecule has 5 heteroatoms. The van der Waals surface area contributed by atoms with Crippen LogP contribution in [-0.2, 0) is 11.2 Å². The van der Waals surface area contributed by atoms with Gasteiger partial charge in [-0.1, -0.05) is 6.07 Å². The molecule has 0 aromatic heterocycles. The molecule has 1 heterocycles. The molecule has 16 heavy (non-hydrogen) atoms. The third-order valence-electron chi connectivity index (χ3n) is 2.36. The van der Waals surface area contributed by atoms with Crippen molar-refractivity contribution < 1.29 is 14.3 Å². The summed E-state index contributed by atoms with van der Waals surface area (Å²) in [5, 5.41) is 1.08. The first-order chi connectivity index (χ1) is 7.66. The average Bonchev–Trinajstić information content (AvgIpc) is 2.28. The minimum Gasteiger partial charge on any atom is -0.486 e. The highest BCUT2D eigenvalue weighted by atomic mass is 16.6. The van der Waals surface area contributed by atoms with Gasteiger partial charge in [-0.3, -0.25) is 9.80 Å². The van der Waals surface area contributed by atoms with Crippen LogP contribution in [0.15, 0.2) is 18.2 Å². The highest BCUT2D eigenvalue weighted by Crippen LogP contribution is 2.30. The number of hydrazine groups is 1. The normalized spacial score (nSPS) is 13.4. The first-order valence-corrected chi connectivity index (χ1v) is 5.06. The number of carbonyl (C=O) groups is 1. The molecule has 0 bridgehead atoms. The van der Waals surface area contributed by atoms with Gasteiger partial charge in [-0.15, -0.1) is 0 Å². The number of amides is 1. The van der Waals surface area contributed by atoms with Gasteiger partial charge in [0.2, 0.25) is 5.91 Å². The summed E-state index contributed by atoms with van der Waals surface area (Å²) in [7, 11) is 1.53. The maximum absolute atomic E-state index is 11.4. The Morgan fingerprint density at radius 2 is 2.06 bits per heavy atom. The van der Waals surface area contributed by atoms with Crippen molar-refractivity contribution in [3.05, 3.63) is 23.8 Å². The van der Waals surface area contributed by atoms with Gasteiger partial charge in [-0.05, 0) is 17.7 Å². The summed E-state index contributed by atoms with van der Waals surface area (Å²) >= 11 is 0. The second-order valence-electron chi connectivity index (χ2n) is 3.66. The molecule has 1 aliphatic heterocycles. The Labute approximate surface area is 93.7 Å². The summed E-state index contributed by atoms with van der Waals surface area (Å²) in [5.74, 6) is 6.62. The van der Waals surface area contributed by atoms with Crippen molar-refractivity contribution in [2.45, 2.75) is 6.42 Å². The van der Waals surface area contributed by atoms with Crippen molar-refractivity contribution in [1.29, 1.82) is 0 Å². The average molecular weight is 222 g/mol. The minimum absolute atomic E-state index is 0.142. The molecule has 0 saturated carbocycles. The molecule has 0 atom stereocenters. The van der Waals surface area contributed by atoms with E-state index >= 15 is 0 Å². The molecule has 0 radical (unpaired) electrons. The Bertz CT molecular complexity index is 404. The van der Waals surface area contributed by atoms with E-state index in [9.17, 15) is 4.79 Å². The van der Waals surface area contributed by atoms with Crippen LogP contribution in [0.5, 0.6) is 11.5 Å². The fourth-order valence-electron chi connectivity index (χ4n) is 1.50. The van der Waals surface area contributed by atoms with E-state index < -0.39 is 0 Å². The number of hydrogen-bond donors (Lipinski definition) is 1. The quantitative estimate of drug-likeness (QED) is 0.445. The maximum Gasteiger partial charge on any atom is 0.240 e. The van der Waals surface area contributed by atoms with Crippen molar-refractivity contribution >= 4 is 5.91 Å². The first-order valence-electron chi connectivity index (χ1n) is 5.06. The lowest BCUT2D eigenvalue weighted by Gasteiger charge is -2.19. The number of likely N-dealkylation sites (N-methyl/N-ethyl adjacent to an activating group) is 1. The Balaban J connectivity index is 2.14. The van der Waals surface area contributed by atoms with Crippen LogP contribution >= 0.6 is 0 Å². The molecule has 1 amide bonds. The van der Waals surface area contributed by atoms with Crippen molar-refractivity contribution in [2.75, 3.05) is 20.3 Å². The molecule has 2 N–H and O–H groups in total. The smallest absolute Gasteiger partial charge is 0.240 e. The van der Waals surface area contributed by atoms with Crippen molar-refractivity contribution in [3.8, 4) is 11.5 Å². The third-order valence-corrected chi connectivity index (χ3v) is 2.36. The van der Waals surface area contributed by atoms with Crippen LogP contribution in [0, 0.1) is 0 Å². The number of hydrogen-bond acceptors (Lipinski definition) is 4. The zero-order valence-corrected chi connectivity index (χ0v) is 9.10. The fraction of sp³-hybridized carbons (Fsp3) is 0.364. The second-order valence-corrected chi connectivity index (χ2v) is 3.66. The lowest BCUT2D eigenvalue weighted by molar-refractivity contribution is -0.129. The number of carbonyl (C=O) groups excluding carboxylic acids is 1. The molecule has 0 aliphatic carbocycles. The Morgan fingerprint density at radius 3 is 2.75 bits per heavy atom. The van der Waals surface area contributed by atoms with E-state index in [4.69, 9.17) is 15.3 Å². The predicted octanol–water partition coefficient (Wildman–Crippen LogP) is 0.332. The van der Waals surface area contributed by atoms with Crippen LogP contribution in [0.25, 0.3) is 0 Å². The van der Waals surface area contributed by atoms with Gasteiger partial charge < -0.3 is 9.47 Å². The lowest BCUT2D eigenvalue weighted by atomic mass is 10.1. The number of ether oxygens (including phenoxy) is 2. The standard InChI is InChI=1S/C11H14N2O3/c1-13(12)11(14)7-8-2-3-9-10(6-8)16-5-4-15-9/h2-3,6H,4-5,7,12H2,1H3. The fourth-order valence-corrected chi connectivity index (χ4v) is 1.50. The number of fused-ring (bicyclic) bond motifs is 1. The van der Waals surface area contributed by atoms with E-state index in [1.54, 1.807) is 0 Å². The van der Waals surface area contributed by atoms with Crippen LogP contribution < -0.4 is 15.3 Å². The molecule has 1 aromatic rings. The van der Waals surface area contributed by atoms with Gasteiger partial charge in [0.1, 0.15) is 13.2 Å². The zero-order chi connectivity index (χ0) is 11.5. The van der Waals surface area contributed by atoms with Gasteiger partial charge in [0.05, 0.1) is 6.42 Å². The Hall–Kier alpha value is -1.75. The zero-order valence-electron chi connectivity index (χ0n) is 9.10. The maximum atomic E-state index is 11.4. The summed E-state index contributed by atoms with van der Waals surface area (Å²) < 4.78 is 10.8. The summed E-state index contributed by atoms with van der Waals surface area (Å²) in [6.07, 6.45) is 0.267. The third kappa shape index (κ3) is 2.25. The summed E-state index contributed by atoms with van der Waals surface area (Å²) in [4.78, 5) is 11.4. The van der Waals surface area contributed by atoms with Crippen LogP contribution in [0.3, 0.4) is 0 Å². The molecule has 2 rings (SSSR count). The van der Waals surface area contributed by atoms with E-state index in [1.807, 2.05) is 18.2 Å². The Morgan fingerprint density at radius 1 is 1.38 bits per heavy atom. The van der Waals surface area contributed by atoms with Gasteiger partial charge in [0.25, 0.3) is 0 Å². The first kappa shape index (κ1) is 10.8. The van der Waals surface area contributed by atoms with Crippen LogP contribution in [0.4, 0.5) is 0 Å². The van der Waals surface area contributed by atoms with Gasteiger partial charge in [-0.2, -0.15) is 0 Å². The largest absolute Gasteiger partial charge is 0.486 e. The second kappa shape index (κ2) is 4.40. The molecular formula is C11H14N2O3. The summed E-state index contributed by atoms with van der Waals surface area (Å²) in [6, 6.07) is 5.47. The molecule has 1 aliphatic rings. The molecule has 0 spiro atoms. The van der Waals surface area contributed by atoms with E-state index in [0.29, 0.717) is 19.0 Å². The summed E-state index contributed by atoms with van der Waals surface area (Å²) in [6.45, 7) is 1.11. The van der Waals surface area contributed by atoms with Crippen LogP contribution in [-0.4, -0.2) is 31.2 Å². The minimum atomic E-state index is -0.142. The van der Waals surface area contributed by atoms with Gasteiger partial charge in [-0.25, -0.2) is 5.84 Å². The van der Waals surface area contributed by atoms with Crippen molar-refractivity contribution in [1.82, 2.24) is 5.01 Å². The molecular weight excluding hydrogens is 208 g/mol. The number of rotatable bonds is 2. The van der Waals surface area contributed by atoms with E-state index in [-0.39, 0.29) is 12.3 Å². The van der Waals surface area contributed by atoms with Crippen molar-refractivity contribution in [3.63, 3.8) is 0 Å². The van der Waals surface area contributed by atoms with E-state index in [1.165, 1.54) is 7.05 Å². The highest BCUT2D eigenvalue weighted by Gasteiger charge is 2.13. The lowest BCUT2D eigenvalue weighted by Crippen LogP contribution is -2.34. The molecule has 0 unspecified atom stereocenters. The number of nitrogens with zero attached hydrogens (tertiary/aromatic N) is 1. The van der Waals surface area contributed by atoms with Crippen LogP contribution in [0.2, 0.25) is 0 Å². The molecule has 5 nitrogen and oxygen atoms in total. The summed E-state index contributed by atoms with van der Waals surface area (Å²) in [5.41, 5.74) is 0.867. The molecule has 0 fully saturated rings. The molecule has 1 aromatic carbocycles. The monoisotopic (exact) mass is 222 g/mol. The SMILES string of the molecule is CN(N)C(=O)Cc1ccc2c(c1)OCCO2. The van der Waals surface area contributed by atoms with Gasteiger partial charge >= 0.3 is 0 Å². The van der Waals surface area contributed by atoms with Gasteiger partial charge in [0, 0.05) is 7.05 Å². The Kier molecular flexibility index (Phi) is 2.96. The van der Waals surface area contributed by atoms with Crippen LogP contribution in [0.1, 0.15) is 5.56 Å². The number of benzene rings is 1. The highest BCUT2D eigenvalue weighted by molar-refractivity contribution is 5.78. The van der Waals surface area contributed by atoms with E-state index in [2.05, 4.69) is 0 Å². The molecule has 0 saturated heterocycles.